The van der Waals surface area contributed by atoms with Crippen molar-refractivity contribution in [2.45, 2.75) is 11.8 Å². The first-order chi connectivity index (χ1) is 10.1. The predicted octanol–water partition coefficient (Wildman–Crippen LogP) is 3.63. The second-order valence-corrected chi connectivity index (χ2v) is 5.39. The van der Waals surface area contributed by atoms with Gasteiger partial charge < -0.3 is 5.32 Å². The van der Waals surface area contributed by atoms with E-state index in [1.165, 1.54) is 6.07 Å². The highest BCUT2D eigenvalue weighted by Gasteiger charge is 2.14. The molecule has 0 aliphatic carbocycles. The lowest BCUT2D eigenvalue weighted by Gasteiger charge is -2.08. The number of hydrogen-bond acceptors (Lipinski definition) is 4. The van der Waals surface area contributed by atoms with E-state index in [1.54, 1.807) is 18.2 Å². The van der Waals surface area contributed by atoms with E-state index < -0.39 is 4.92 Å². The Bertz CT molecular complexity index is 673. The third kappa shape index (κ3) is 4.06. The predicted molar refractivity (Wildman–Crippen MR) is 83.6 cm³/mol. The summed E-state index contributed by atoms with van der Waals surface area (Å²) in [5, 5.41) is 13.7. The first kappa shape index (κ1) is 15.1. The average Bonchev–Trinajstić information content (AvgIpc) is 2.48. The van der Waals surface area contributed by atoms with Gasteiger partial charge in [0.15, 0.2) is 0 Å². The van der Waals surface area contributed by atoms with Crippen molar-refractivity contribution in [3.63, 3.8) is 0 Å². The van der Waals surface area contributed by atoms with Gasteiger partial charge in [0.05, 0.1) is 15.6 Å². The fraction of sp³-hybridized carbons (Fsp3) is 0.133. The van der Waals surface area contributed by atoms with Gasteiger partial charge in [-0.15, -0.1) is 11.8 Å². The van der Waals surface area contributed by atoms with Crippen LogP contribution in [0.3, 0.4) is 0 Å². The summed E-state index contributed by atoms with van der Waals surface area (Å²) in [4.78, 5) is 22.9. The number of amides is 1. The fourth-order valence-electron chi connectivity index (χ4n) is 1.77. The minimum absolute atomic E-state index is 0.0196. The van der Waals surface area contributed by atoms with E-state index >= 15 is 0 Å². The molecule has 5 nitrogen and oxygen atoms in total. The molecule has 0 atom stereocenters. The minimum atomic E-state index is -0.443. The topological polar surface area (TPSA) is 72.2 Å². The lowest BCUT2D eigenvalue weighted by Crippen LogP contribution is -2.14. The number of nitro benzene ring substituents is 1. The second-order valence-electron chi connectivity index (χ2n) is 4.38. The summed E-state index contributed by atoms with van der Waals surface area (Å²) in [5.41, 5.74) is 1.75. The summed E-state index contributed by atoms with van der Waals surface area (Å²) in [5.74, 6) is -0.0634. The molecule has 0 aromatic heterocycles. The Morgan fingerprint density at radius 2 is 1.86 bits per heavy atom. The lowest BCUT2D eigenvalue weighted by atomic mass is 10.2. The molecule has 2 aromatic carbocycles. The molecule has 2 aromatic rings. The van der Waals surface area contributed by atoms with Gasteiger partial charge in [-0.2, -0.15) is 0 Å². The zero-order valence-corrected chi connectivity index (χ0v) is 12.2. The number of carbonyl (C=O) groups excluding carboxylic acids is 1. The summed E-state index contributed by atoms with van der Waals surface area (Å²) in [7, 11) is 0. The first-order valence-corrected chi connectivity index (χ1v) is 7.28. The molecule has 0 bridgehead atoms. The number of thioether (sulfide) groups is 1. The van der Waals surface area contributed by atoms with Crippen molar-refractivity contribution in [3.8, 4) is 0 Å². The SMILES string of the molecule is Cc1ccccc1NC(=O)CSc1ccccc1[N+](=O)[O-]. The smallest absolute Gasteiger partial charge is 0.282 e. The number of anilines is 1. The van der Waals surface area contributed by atoms with Gasteiger partial charge in [0.1, 0.15) is 0 Å². The van der Waals surface area contributed by atoms with Crippen LogP contribution >= 0.6 is 11.8 Å². The second kappa shape index (κ2) is 6.90. The van der Waals surface area contributed by atoms with Crippen molar-refractivity contribution < 1.29 is 9.72 Å². The molecule has 108 valence electrons. The minimum Gasteiger partial charge on any atom is -0.325 e. The summed E-state index contributed by atoms with van der Waals surface area (Å²) in [6, 6.07) is 13.9. The van der Waals surface area contributed by atoms with Crippen LogP contribution in [0, 0.1) is 17.0 Å². The van der Waals surface area contributed by atoms with E-state index in [0.717, 1.165) is 23.0 Å². The highest BCUT2D eigenvalue weighted by Crippen LogP contribution is 2.28. The monoisotopic (exact) mass is 302 g/mol. The van der Waals surface area contributed by atoms with Crippen LogP contribution in [0.5, 0.6) is 0 Å². The maximum atomic E-state index is 11.9. The quantitative estimate of drug-likeness (QED) is 0.520. The van der Waals surface area contributed by atoms with Crippen LogP contribution in [-0.2, 0) is 4.79 Å². The van der Waals surface area contributed by atoms with E-state index in [9.17, 15) is 14.9 Å². The molecule has 2 rings (SSSR count). The number of aryl methyl sites for hydroxylation is 1. The number of carbonyl (C=O) groups is 1. The number of benzene rings is 2. The Kier molecular flexibility index (Phi) is 4.94. The Morgan fingerprint density at radius 3 is 2.57 bits per heavy atom. The van der Waals surface area contributed by atoms with Crippen molar-refractivity contribution in [2.75, 3.05) is 11.1 Å². The highest BCUT2D eigenvalue weighted by molar-refractivity contribution is 8.00. The van der Waals surface area contributed by atoms with Crippen molar-refractivity contribution in [2.24, 2.45) is 0 Å². The van der Waals surface area contributed by atoms with Crippen LogP contribution in [0.25, 0.3) is 0 Å². The number of nitro groups is 1. The van der Waals surface area contributed by atoms with E-state index in [-0.39, 0.29) is 17.3 Å². The van der Waals surface area contributed by atoms with Crippen molar-refractivity contribution in [1.29, 1.82) is 0 Å². The Morgan fingerprint density at radius 1 is 1.19 bits per heavy atom. The molecule has 0 radical (unpaired) electrons. The first-order valence-electron chi connectivity index (χ1n) is 6.29. The van der Waals surface area contributed by atoms with Crippen LogP contribution in [0.2, 0.25) is 0 Å². The largest absolute Gasteiger partial charge is 0.325 e. The molecule has 21 heavy (non-hydrogen) atoms. The van der Waals surface area contributed by atoms with Crippen LogP contribution in [0.1, 0.15) is 5.56 Å². The van der Waals surface area contributed by atoms with Crippen molar-refractivity contribution in [1.82, 2.24) is 0 Å². The van der Waals surface area contributed by atoms with Crippen LogP contribution < -0.4 is 5.32 Å². The maximum absolute atomic E-state index is 11.9. The molecule has 1 N–H and O–H groups in total. The molecule has 0 heterocycles. The highest BCUT2D eigenvalue weighted by atomic mass is 32.2. The average molecular weight is 302 g/mol. The molecule has 0 unspecified atom stereocenters. The Balaban J connectivity index is 1.99. The van der Waals surface area contributed by atoms with Crippen LogP contribution in [-0.4, -0.2) is 16.6 Å². The number of hydrogen-bond donors (Lipinski definition) is 1. The van der Waals surface area contributed by atoms with Gasteiger partial charge >= 0.3 is 0 Å². The summed E-state index contributed by atoms with van der Waals surface area (Å²) >= 11 is 1.15. The Hall–Kier alpha value is -2.34. The Labute approximate surface area is 126 Å². The fourth-order valence-corrected chi connectivity index (χ4v) is 2.60. The number of rotatable bonds is 5. The van der Waals surface area contributed by atoms with Crippen molar-refractivity contribution >= 4 is 29.0 Å². The molecule has 0 aliphatic heterocycles. The van der Waals surface area contributed by atoms with E-state index in [2.05, 4.69) is 5.32 Å². The van der Waals surface area contributed by atoms with E-state index in [0.29, 0.717) is 4.90 Å². The van der Waals surface area contributed by atoms with E-state index in [1.807, 2.05) is 31.2 Å². The lowest BCUT2D eigenvalue weighted by molar-refractivity contribution is -0.387. The molecule has 1 amide bonds. The van der Waals surface area contributed by atoms with E-state index in [4.69, 9.17) is 0 Å². The van der Waals surface area contributed by atoms with Gasteiger partial charge in [-0.05, 0) is 24.6 Å². The molecule has 0 fully saturated rings. The number of nitrogens with one attached hydrogen (secondary N) is 1. The maximum Gasteiger partial charge on any atom is 0.282 e. The molecular formula is C15H14N2O3S. The molecule has 0 saturated carbocycles. The van der Waals surface area contributed by atoms with Crippen molar-refractivity contribution in [3.05, 3.63) is 64.2 Å². The van der Waals surface area contributed by atoms with Gasteiger partial charge in [0.2, 0.25) is 5.91 Å². The molecule has 0 saturated heterocycles. The molecule has 6 heteroatoms. The summed E-state index contributed by atoms with van der Waals surface area (Å²) in [6.07, 6.45) is 0. The normalized spacial score (nSPS) is 10.1. The van der Waals surface area contributed by atoms with Gasteiger partial charge in [-0.1, -0.05) is 30.3 Å². The molecule has 0 aliphatic rings. The van der Waals surface area contributed by atoms with Crippen LogP contribution in [0.15, 0.2) is 53.4 Å². The third-order valence-electron chi connectivity index (χ3n) is 2.84. The van der Waals surface area contributed by atoms with Gasteiger partial charge in [0, 0.05) is 11.8 Å². The number of para-hydroxylation sites is 2. The molecular weight excluding hydrogens is 288 g/mol. The third-order valence-corrected chi connectivity index (χ3v) is 3.90. The molecule has 0 spiro atoms. The summed E-state index contributed by atoms with van der Waals surface area (Å²) < 4.78 is 0. The van der Waals surface area contributed by atoms with Gasteiger partial charge in [0.25, 0.3) is 5.69 Å². The van der Waals surface area contributed by atoms with Crippen LogP contribution in [0.4, 0.5) is 11.4 Å². The van der Waals surface area contributed by atoms with Gasteiger partial charge in [-0.3, -0.25) is 14.9 Å². The van der Waals surface area contributed by atoms with Gasteiger partial charge in [-0.25, -0.2) is 0 Å². The zero-order chi connectivity index (χ0) is 15.2. The summed E-state index contributed by atoms with van der Waals surface area (Å²) in [6.45, 7) is 1.91. The number of nitrogens with zero attached hydrogens (tertiary/aromatic N) is 1. The zero-order valence-electron chi connectivity index (χ0n) is 11.4. The standard InChI is InChI=1S/C15H14N2O3S/c1-11-6-2-3-7-12(11)16-15(18)10-21-14-9-5-4-8-13(14)17(19)20/h2-9H,10H2,1H3,(H,16,18).